The molecule has 1 heterocycles. The lowest BCUT2D eigenvalue weighted by molar-refractivity contribution is -0.116. The van der Waals surface area contributed by atoms with E-state index in [9.17, 15) is 4.79 Å². The molecular weight excluding hydrogens is 341 g/mol. The summed E-state index contributed by atoms with van der Waals surface area (Å²) in [5, 5.41) is 7.08. The Labute approximate surface area is 120 Å². The molecule has 2 rings (SSSR count). The predicted molar refractivity (Wildman–Crippen MR) is 79.4 cm³/mol. The highest BCUT2D eigenvalue weighted by Crippen LogP contribution is 2.10. The smallest absolute Gasteiger partial charge is 0.226 e. The largest absolute Gasteiger partial charge is 0.326 e. The molecule has 0 unspecified atom stereocenters. The van der Waals surface area contributed by atoms with Gasteiger partial charge in [0.1, 0.15) is 0 Å². The molecule has 1 aromatic carbocycles. The molecule has 0 aliphatic rings. The Bertz CT molecular complexity index is 536. The molecular formula is C13H14IN3O. The Kier molecular flexibility index (Phi) is 4.35. The van der Waals surface area contributed by atoms with Gasteiger partial charge in [0.15, 0.2) is 0 Å². The SMILES string of the molecule is Cc1c(I)cnn1CCC(=O)Nc1ccccc1. The van der Waals surface area contributed by atoms with Crippen molar-refractivity contribution in [2.24, 2.45) is 0 Å². The molecule has 0 atom stereocenters. The monoisotopic (exact) mass is 355 g/mol. The molecule has 4 nitrogen and oxygen atoms in total. The number of aromatic nitrogens is 2. The van der Waals surface area contributed by atoms with E-state index in [1.807, 2.05) is 48.1 Å². The van der Waals surface area contributed by atoms with E-state index in [1.54, 1.807) is 0 Å². The zero-order valence-electron chi connectivity index (χ0n) is 10.1. The third-order valence-electron chi connectivity index (χ3n) is 2.65. The fraction of sp³-hybridized carbons (Fsp3) is 0.231. The summed E-state index contributed by atoms with van der Waals surface area (Å²) in [5.41, 5.74) is 1.93. The average molecular weight is 355 g/mol. The van der Waals surface area contributed by atoms with E-state index in [1.165, 1.54) is 0 Å². The van der Waals surface area contributed by atoms with E-state index in [4.69, 9.17) is 0 Å². The van der Waals surface area contributed by atoms with Gasteiger partial charge in [-0.1, -0.05) is 18.2 Å². The van der Waals surface area contributed by atoms with Crippen LogP contribution in [0.15, 0.2) is 36.5 Å². The Morgan fingerprint density at radius 2 is 2.11 bits per heavy atom. The molecule has 0 aliphatic heterocycles. The van der Waals surface area contributed by atoms with Crippen LogP contribution in [-0.4, -0.2) is 15.7 Å². The summed E-state index contributed by atoms with van der Waals surface area (Å²) < 4.78 is 2.97. The second kappa shape index (κ2) is 5.99. The summed E-state index contributed by atoms with van der Waals surface area (Å²) in [6.45, 7) is 2.61. The van der Waals surface area contributed by atoms with Crippen molar-refractivity contribution >= 4 is 34.2 Å². The van der Waals surface area contributed by atoms with Crippen LogP contribution in [0.1, 0.15) is 12.1 Å². The molecule has 0 saturated heterocycles. The summed E-state index contributed by atoms with van der Waals surface area (Å²) in [5.74, 6) is 0.00566. The molecule has 94 valence electrons. The van der Waals surface area contributed by atoms with Crippen LogP contribution < -0.4 is 5.32 Å². The number of nitrogens with zero attached hydrogens (tertiary/aromatic N) is 2. The van der Waals surface area contributed by atoms with E-state index in [-0.39, 0.29) is 5.91 Å². The number of benzene rings is 1. The van der Waals surface area contributed by atoms with E-state index >= 15 is 0 Å². The van der Waals surface area contributed by atoms with Crippen LogP contribution in [0.3, 0.4) is 0 Å². The van der Waals surface area contributed by atoms with Crippen LogP contribution in [0.4, 0.5) is 5.69 Å². The number of para-hydroxylation sites is 1. The van der Waals surface area contributed by atoms with Crippen molar-refractivity contribution in [2.45, 2.75) is 19.9 Å². The van der Waals surface area contributed by atoms with Gasteiger partial charge in [0, 0.05) is 17.8 Å². The van der Waals surface area contributed by atoms with Gasteiger partial charge in [0.05, 0.1) is 16.3 Å². The Morgan fingerprint density at radius 3 is 2.72 bits per heavy atom. The number of halogens is 1. The number of hydrogen-bond acceptors (Lipinski definition) is 2. The molecule has 0 fully saturated rings. The number of carbonyl (C=O) groups excluding carboxylic acids is 1. The lowest BCUT2D eigenvalue weighted by Gasteiger charge is -2.06. The first-order valence-corrected chi connectivity index (χ1v) is 6.77. The van der Waals surface area contributed by atoms with Gasteiger partial charge in [-0.2, -0.15) is 5.10 Å². The van der Waals surface area contributed by atoms with Crippen LogP contribution in [0.5, 0.6) is 0 Å². The lowest BCUT2D eigenvalue weighted by atomic mass is 10.3. The quantitative estimate of drug-likeness (QED) is 0.858. The van der Waals surface area contributed by atoms with Crippen molar-refractivity contribution in [1.29, 1.82) is 0 Å². The standard InChI is InChI=1S/C13H14IN3O/c1-10-12(14)9-15-17(10)8-7-13(18)16-11-5-3-2-4-6-11/h2-6,9H,7-8H2,1H3,(H,16,18). The minimum atomic E-state index is 0.00566. The summed E-state index contributed by atoms with van der Waals surface area (Å²) in [6, 6.07) is 9.47. The molecule has 5 heteroatoms. The van der Waals surface area contributed by atoms with Crippen molar-refractivity contribution in [2.75, 3.05) is 5.32 Å². The van der Waals surface area contributed by atoms with Gasteiger partial charge in [-0.3, -0.25) is 9.48 Å². The van der Waals surface area contributed by atoms with Crippen molar-refractivity contribution in [3.8, 4) is 0 Å². The molecule has 0 spiro atoms. The maximum atomic E-state index is 11.7. The second-order valence-electron chi connectivity index (χ2n) is 3.97. The van der Waals surface area contributed by atoms with E-state index in [0.717, 1.165) is 15.0 Å². The third-order valence-corrected chi connectivity index (χ3v) is 3.71. The summed E-state index contributed by atoms with van der Waals surface area (Å²) in [4.78, 5) is 11.7. The topological polar surface area (TPSA) is 46.9 Å². The minimum absolute atomic E-state index is 0.00566. The van der Waals surface area contributed by atoms with Crippen molar-refractivity contribution < 1.29 is 4.79 Å². The van der Waals surface area contributed by atoms with Crippen LogP contribution in [0.2, 0.25) is 0 Å². The van der Waals surface area contributed by atoms with Crippen molar-refractivity contribution in [3.63, 3.8) is 0 Å². The molecule has 0 bridgehead atoms. The van der Waals surface area contributed by atoms with E-state index < -0.39 is 0 Å². The number of anilines is 1. The first-order valence-electron chi connectivity index (χ1n) is 5.69. The number of carbonyl (C=O) groups is 1. The van der Waals surface area contributed by atoms with Gasteiger partial charge in [-0.05, 0) is 41.6 Å². The third kappa shape index (κ3) is 3.32. The fourth-order valence-corrected chi connectivity index (χ4v) is 2.00. The van der Waals surface area contributed by atoms with E-state index in [2.05, 4.69) is 33.0 Å². The average Bonchev–Trinajstić information content (AvgIpc) is 2.69. The van der Waals surface area contributed by atoms with Gasteiger partial charge in [0.25, 0.3) is 0 Å². The first kappa shape index (κ1) is 13.1. The van der Waals surface area contributed by atoms with Crippen LogP contribution in [0.25, 0.3) is 0 Å². The Hall–Kier alpha value is -1.37. The predicted octanol–water partition coefficient (Wildman–Crippen LogP) is 2.82. The lowest BCUT2D eigenvalue weighted by Crippen LogP contribution is -2.15. The van der Waals surface area contributed by atoms with Crippen molar-refractivity contribution in [3.05, 3.63) is 45.8 Å². The number of amides is 1. The minimum Gasteiger partial charge on any atom is -0.326 e. The second-order valence-corrected chi connectivity index (χ2v) is 5.13. The molecule has 18 heavy (non-hydrogen) atoms. The molecule has 0 radical (unpaired) electrons. The van der Waals surface area contributed by atoms with E-state index in [0.29, 0.717) is 13.0 Å². The number of hydrogen-bond donors (Lipinski definition) is 1. The van der Waals surface area contributed by atoms with Crippen LogP contribution in [0, 0.1) is 10.5 Å². The zero-order valence-corrected chi connectivity index (χ0v) is 12.2. The van der Waals surface area contributed by atoms with Gasteiger partial charge in [-0.15, -0.1) is 0 Å². The highest BCUT2D eigenvalue weighted by molar-refractivity contribution is 14.1. The number of aryl methyl sites for hydroxylation is 1. The summed E-state index contributed by atoms with van der Waals surface area (Å²) in [7, 11) is 0. The van der Waals surface area contributed by atoms with Gasteiger partial charge >= 0.3 is 0 Å². The van der Waals surface area contributed by atoms with Crippen LogP contribution >= 0.6 is 22.6 Å². The highest BCUT2D eigenvalue weighted by Gasteiger charge is 2.06. The maximum absolute atomic E-state index is 11.7. The Morgan fingerprint density at radius 1 is 1.39 bits per heavy atom. The zero-order chi connectivity index (χ0) is 13.0. The normalized spacial score (nSPS) is 10.3. The number of rotatable bonds is 4. The Balaban J connectivity index is 1.87. The number of nitrogens with one attached hydrogen (secondary N) is 1. The molecule has 1 N–H and O–H groups in total. The highest BCUT2D eigenvalue weighted by atomic mass is 127. The maximum Gasteiger partial charge on any atom is 0.226 e. The van der Waals surface area contributed by atoms with Gasteiger partial charge in [-0.25, -0.2) is 0 Å². The van der Waals surface area contributed by atoms with Gasteiger partial charge < -0.3 is 5.32 Å². The van der Waals surface area contributed by atoms with Crippen molar-refractivity contribution in [1.82, 2.24) is 9.78 Å². The molecule has 1 amide bonds. The molecule has 0 aliphatic carbocycles. The first-order chi connectivity index (χ1) is 8.66. The summed E-state index contributed by atoms with van der Waals surface area (Å²) >= 11 is 2.24. The van der Waals surface area contributed by atoms with Gasteiger partial charge in [0.2, 0.25) is 5.91 Å². The summed E-state index contributed by atoms with van der Waals surface area (Å²) in [6.07, 6.45) is 2.23. The fourth-order valence-electron chi connectivity index (χ4n) is 1.60. The molecule has 0 saturated carbocycles. The molecule has 1 aromatic heterocycles. The van der Waals surface area contributed by atoms with Crippen LogP contribution in [-0.2, 0) is 11.3 Å². The molecule has 2 aromatic rings.